The molecule has 0 amide bonds. The van der Waals surface area contributed by atoms with Crippen molar-refractivity contribution in [1.29, 1.82) is 0 Å². The van der Waals surface area contributed by atoms with Gasteiger partial charge in [0, 0.05) is 0 Å². The van der Waals surface area contributed by atoms with Crippen molar-refractivity contribution < 1.29 is 9.47 Å². The van der Waals surface area contributed by atoms with Crippen molar-refractivity contribution in [1.82, 2.24) is 0 Å². The van der Waals surface area contributed by atoms with Crippen LogP contribution in [-0.2, 0) is 9.47 Å². The van der Waals surface area contributed by atoms with Gasteiger partial charge >= 0.3 is 0 Å². The van der Waals surface area contributed by atoms with Gasteiger partial charge in [0.1, 0.15) is 13.2 Å². The van der Waals surface area contributed by atoms with Crippen LogP contribution in [0.5, 0.6) is 0 Å². The zero-order chi connectivity index (χ0) is 8.53. The van der Waals surface area contributed by atoms with Crippen LogP contribution in [0.15, 0.2) is 0 Å². The molecule has 0 bridgehead atoms. The van der Waals surface area contributed by atoms with Crippen molar-refractivity contribution in [2.24, 2.45) is 0 Å². The summed E-state index contributed by atoms with van der Waals surface area (Å²) < 4.78 is 10.9. The first-order chi connectivity index (χ1) is 5.35. The summed E-state index contributed by atoms with van der Waals surface area (Å²) in [6, 6.07) is 0. The molecular formula is C8H9IO2. The minimum atomic E-state index is -0.275. The molecule has 0 N–H and O–H groups in total. The van der Waals surface area contributed by atoms with Crippen LogP contribution in [-0.4, -0.2) is 23.9 Å². The Labute approximate surface area is 80.8 Å². The Morgan fingerprint density at radius 3 is 1.91 bits per heavy atom. The first-order valence-corrected chi connectivity index (χ1v) is 4.53. The van der Waals surface area contributed by atoms with Gasteiger partial charge in [0.15, 0.2) is 6.29 Å². The first-order valence-electron chi connectivity index (χ1n) is 3.01. The molecule has 11 heavy (non-hydrogen) atoms. The average Bonchev–Trinajstić information content (AvgIpc) is 2.05. The maximum Gasteiger partial charge on any atom is 0.169 e. The second-order valence-corrected chi connectivity index (χ2v) is 2.49. The third-order valence-electron chi connectivity index (χ3n) is 0.831. The smallest absolute Gasteiger partial charge is 0.169 e. The van der Waals surface area contributed by atoms with Crippen LogP contribution in [0.4, 0.5) is 0 Å². The molecular weight excluding hydrogens is 255 g/mol. The molecule has 0 fully saturated rings. The topological polar surface area (TPSA) is 18.5 Å². The van der Waals surface area contributed by atoms with Crippen molar-refractivity contribution in [2.75, 3.05) is 17.6 Å². The number of ether oxygens (including phenoxy) is 2. The fraction of sp³-hybridized carbons (Fsp3) is 0.500. The summed E-state index contributed by atoms with van der Waals surface area (Å²) in [4.78, 5) is 0. The van der Waals surface area contributed by atoms with E-state index < -0.39 is 0 Å². The third kappa shape index (κ3) is 6.18. The van der Waals surface area contributed by atoms with E-state index in [2.05, 4.69) is 34.4 Å². The highest BCUT2D eigenvalue weighted by atomic mass is 127. The zero-order valence-electron chi connectivity index (χ0n) is 6.05. The molecule has 0 aliphatic carbocycles. The number of terminal acetylenes is 2. The molecule has 0 aromatic carbocycles. The SMILES string of the molecule is C#CCOC(CI)OCC#C. The minimum absolute atomic E-state index is 0.262. The van der Waals surface area contributed by atoms with Crippen LogP contribution in [0, 0.1) is 24.7 Å². The molecule has 0 rings (SSSR count). The maximum atomic E-state index is 5.08. The molecule has 0 saturated heterocycles. The van der Waals surface area contributed by atoms with E-state index in [0.29, 0.717) is 0 Å². The predicted octanol–water partition coefficient (Wildman–Crippen LogP) is 1.05. The van der Waals surface area contributed by atoms with Crippen molar-refractivity contribution in [3.05, 3.63) is 0 Å². The molecule has 0 aromatic rings. The lowest BCUT2D eigenvalue weighted by molar-refractivity contribution is -0.105. The summed E-state index contributed by atoms with van der Waals surface area (Å²) in [6.07, 6.45) is 9.70. The predicted molar refractivity (Wildman–Crippen MR) is 52.2 cm³/mol. The second-order valence-electron chi connectivity index (χ2n) is 1.61. The normalized spacial score (nSPS) is 9.09. The van der Waals surface area contributed by atoms with E-state index >= 15 is 0 Å². The number of hydrogen-bond donors (Lipinski definition) is 0. The molecule has 0 unspecified atom stereocenters. The lowest BCUT2D eigenvalue weighted by Crippen LogP contribution is -2.19. The quantitative estimate of drug-likeness (QED) is 0.320. The Morgan fingerprint density at radius 1 is 1.18 bits per heavy atom. The molecule has 0 heterocycles. The Morgan fingerprint density at radius 2 is 1.64 bits per heavy atom. The van der Waals surface area contributed by atoms with Crippen molar-refractivity contribution in [3.63, 3.8) is 0 Å². The van der Waals surface area contributed by atoms with E-state index in [-0.39, 0.29) is 19.5 Å². The van der Waals surface area contributed by atoms with Gasteiger partial charge in [0.2, 0.25) is 0 Å². The number of alkyl halides is 1. The fourth-order valence-electron chi connectivity index (χ4n) is 0.419. The zero-order valence-corrected chi connectivity index (χ0v) is 8.21. The lowest BCUT2D eigenvalue weighted by atomic mass is 10.6. The van der Waals surface area contributed by atoms with Gasteiger partial charge in [-0.3, -0.25) is 0 Å². The molecule has 0 aliphatic heterocycles. The molecule has 0 spiro atoms. The van der Waals surface area contributed by atoms with E-state index in [9.17, 15) is 0 Å². The standard InChI is InChI=1S/C8H9IO2/c1-3-5-10-8(7-9)11-6-4-2/h1-2,8H,5-7H2. The van der Waals surface area contributed by atoms with E-state index in [1.54, 1.807) is 0 Å². The van der Waals surface area contributed by atoms with E-state index in [1.165, 1.54) is 0 Å². The molecule has 0 atom stereocenters. The summed E-state index contributed by atoms with van der Waals surface area (Å²) in [7, 11) is 0. The van der Waals surface area contributed by atoms with Crippen LogP contribution >= 0.6 is 22.6 Å². The van der Waals surface area contributed by atoms with Gasteiger partial charge in [-0.2, -0.15) is 0 Å². The van der Waals surface area contributed by atoms with Gasteiger partial charge < -0.3 is 9.47 Å². The average molecular weight is 264 g/mol. The summed E-state index contributed by atoms with van der Waals surface area (Å²) >= 11 is 2.14. The van der Waals surface area contributed by atoms with Crippen molar-refractivity contribution >= 4 is 22.6 Å². The molecule has 0 saturated carbocycles. The van der Waals surface area contributed by atoms with Gasteiger partial charge in [-0.05, 0) is 0 Å². The Balaban J connectivity index is 3.44. The van der Waals surface area contributed by atoms with Gasteiger partial charge in [-0.15, -0.1) is 12.8 Å². The Hall–Kier alpha value is -0.230. The van der Waals surface area contributed by atoms with Crippen molar-refractivity contribution in [2.45, 2.75) is 6.29 Å². The largest absolute Gasteiger partial charge is 0.339 e. The van der Waals surface area contributed by atoms with E-state index in [0.717, 1.165) is 4.43 Å². The fourth-order valence-corrected chi connectivity index (χ4v) is 0.928. The first kappa shape index (κ1) is 10.8. The van der Waals surface area contributed by atoms with Crippen LogP contribution in [0.25, 0.3) is 0 Å². The molecule has 60 valence electrons. The third-order valence-corrected chi connectivity index (χ3v) is 1.55. The Bertz CT molecular complexity index is 148. The number of rotatable bonds is 5. The lowest BCUT2D eigenvalue weighted by Gasteiger charge is -2.11. The van der Waals surface area contributed by atoms with E-state index in [1.807, 2.05) is 0 Å². The molecule has 0 radical (unpaired) electrons. The maximum absolute atomic E-state index is 5.08. The van der Waals surface area contributed by atoms with Crippen LogP contribution in [0.2, 0.25) is 0 Å². The highest BCUT2D eigenvalue weighted by Gasteiger charge is 2.04. The second kappa shape index (κ2) is 7.87. The number of hydrogen-bond acceptors (Lipinski definition) is 2. The number of halogens is 1. The van der Waals surface area contributed by atoms with Crippen LogP contribution in [0.1, 0.15) is 0 Å². The monoisotopic (exact) mass is 264 g/mol. The molecule has 2 nitrogen and oxygen atoms in total. The van der Waals surface area contributed by atoms with Crippen LogP contribution in [0.3, 0.4) is 0 Å². The highest BCUT2D eigenvalue weighted by molar-refractivity contribution is 14.1. The summed E-state index contributed by atoms with van der Waals surface area (Å²) in [6.45, 7) is 0.524. The summed E-state index contributed by atoms with van der Waals surface area (Å²) in [5.74, 6) is 4.70. The molecule has 0 aromatic heterocycles. The molecule has 3 heteroatoms. The van der Waals surface area contributed by atoms with Gasteiger partial charge in [-0.1, -0.05) is 34.4 Å². The summed E-state index contributed by atoms with van der Waals surface area (Å²) in [5.41, 5.74) is 0. The van der Waals surface area contributed by atoms with Gasteiger partial charge in [0.05, 0.1) is 4.43 Å². The molecule has 0 aliphatic rings. The summed E-state index contributed by atoms with van der Waals surface area (Å²) in [5, 5.41) is 0. The highest BCUT2D eigenvalue weighted by Crippen LogP contribution is 1.98. The Kier molecular flexibility index (Phi) is 7.71. The van der Waals surface area contributed by atoms with Gasteiger partial charge in [-0.25, -0.2) is 0 Å². The van der Waals surface area contributed by atoms with Crippen molar-refractivity contribution in [3.8, 4) is 24.7 Å². The van der Waals surface area contributed by atoms with Crippen LogP contribution < -0.4 is 0 Å². The minimum Gasteiger partial charge on any atom is -0.339 e. The van der Waals surface area contributed by atoms with Gasteiger partial charge in [0.25, 0.3) is 0 Å². The van der Waals surface area contributed by atoms with E-state index in [4.69, 9.17) is 22.3 Å².